The van der Waals surface area contributed by atoms with Gasteiger partial charge in [-0.3, -0.25) is 10.1 Å². The number of nitro groups is 1. The van der Waals surface area contributed by atoms with Crippen molar-refractivity contribution in [1.29, 1.82) is 0 Å². The van der Waals surface area contributed by atoms with E-state index in [1.807, 2.05) is 0 Å². The van der Waals surface area contributed by atoms with Crippen LogP contribution in [0.3, 0.4) is 0 Å². The van der Waals surface area contributed by atoms with E-state index < -0.39 is 16.9 Å². The van der Waals surface area contributed by atoms with E-state index in [2.05, 4.69) is 0 Å². The second-order valence-electron chi connectivity index (χ2n) is 4.44. The molecule has 96 valence electrons. The molecular formula is C12H14N2O4. The van der Waals surface area contributed by atoms with Crippen LogP contribution >= 0.6 is 0 Å². The molecule has 1 heterocycles. The van der Waals surface area contributed by atoms with Crippen molar-refractivity contribution >= 4 is 17.3 Å². The Hall–Kier alpha value is -2.11. The monoisotopic (exact) mass is 250 g/mol. The SMILES string of the molecule is Cc1ccc(N2CCC[C@@H]2C(=O)O)c([N+](=O)[O-])c1. The van der Waals surface area contributed by atoms with E-state index in [4.69, 9.17) is 5.11 Å². The molecule has 1 aliphatic rings. The predicted molar refractivity (Wildman–Crippen MR) is 65.8 cm³/mol. The van der Waals surface area contributed by atoms with E-state index in [0.29, 0.717) is 18.7 Å². The van der Waals surface area contributed by atoms with Crippen molar-refractivity contribution < 1.29 is 14.8 Å². The minimum absolute atomic E-state index is 0.0249. The smallest absolute Gasteiger partial charge is 0.326 e. The van der Waals surface area contributed by atoms with Gasteiger partial charge in [0.15, 0.2) is 0 Å². The Labute approximate surface area is 104 Å². The summed E-state index contributed by atoms with van der Waals surface area (Å²) >= 11 is 0. The molecule has 0 unspecified atom stereocenters. The zero-order valence-corrected chi connectivity index (χ0v) is 10.00. The molecule has 0 spiro atoms. The van der Waals surface area contributed by atoms with Crippen molar-refractivity contribution in [1.82, 2.24) is 0 Å². The number of benzene rings is 1. The van der Waals surface area contributed by atoms with Gasteiger partial charge in [0.2, 0.25) is 0 Å². The molecule has 0 radical (unpaired) electrons. The third kappa shape index (κ3) is 2.13. The number of hydrogen-bond donors (Lipinski definition) is 1. The number of hydrogen-bond acceptors (Lipinski definition) is 4. The maximum atomic E-state index is 11.1. The summed E-state index contributed by atoms with van der Waals surface area (Å²) in [4.78, 5) is 23.3. The van der Waals surface area contributed by atoms with Crippen LogP contribution in [0.4, 0.5) is 11.4 Å². The minimum atomic E-state index is -0.928. The van der Waals surface area contributed by atoms with Crippen LogP contribution in [-0.4, -0.2) is 28.6 Å². The summed E-state index contributed by atoms with van der Waals surface area (Å²) in [7, 11) is 0. The van der Waals surface area contributed by atoms with Crippen molar-refractivity contribution in [2.75, 3.05) is 11.4 Å². The Bertz CT molecular complexity index is 501. The van der Waals surface area contributed by atoms with Crippen LogP contribution < -0.4 is 4.90 Å². The molecule has 1 fully saturated rings. The molecule has 2 rings (SSSR count). The van der Waals surface area contributed by atoms with Gasteiger partial charge < -0.3 is 10.0 Å². The molecule has 6 heteroatoms. The fourth-order valence-corrected chi connectivity index (χ4v) is 2.33. The van der Waals surface area contributed by atoms with Gasteiger partial charge in [0.1, 0.15) is 11.7 Å². The highest BCUT2D eigenvalue weighted by molar-refractivity contribution is 5.81. The quantitative estimate of drug-likeness (QED) is 0.654. The Morgan fingerprint density at radius 3 is 2.89 bits per heavy atom. The first kappa shape index (κ1) is 12.3. The number of aryl methyl sites for hydroxylation is 1. The lowest BCUT2D eigenvalue weighted by molar-refractivity contribution is -0.384. The minimum Gasteiger partial charge on any atom is -0.480 e. The maximum Gasteiger partial charge on any atom is 0.326 e. The fourth-order valence-electron chi connectivity index (χ4n) is 2.33. The molecule has 1 aliphatic heterocycles. The summed E-state index contributed by atoms with van der Waals surface area (Å²) in [6, 6.07) is 4.22. The van der Waals surface area contributed by atoms with E-state index in [9.17, 15) is 14.9 Å². The summed E-state index contributed by atoms with van der Waals surface area (Å²) in [5, 5.41) is 20.2. The van der Waals surface area contributed by atoms with Crippen molar-refractivity contribution in [3.8, 4) is 0 Å². The van der Waals surface area contributed by atoms with Crippen molar-refractivity contribution in [2.45, 2.75) is 25.8 Å². The lowest BCUT2D eigenvalue weighted by Crippen LogP contribution is -2.36. The number of rotatable bonds is 3. The van der Waals surface area contributed by atoms with Crippen molar-refractivity contribution in [2.24, 2.45) is 0 Å². The Morgan fingerprint density at radius 2 is 2.28 bits per heavy atom. The van der Waals surface area contributed by atoms with Crippen molar-refractivity contribution in [3.05, 3.63) is 33.9 Å². The number of carboxylic acids is 1. The summed E-state index contributed by atoms with van der Waals surface area (Å²) in [5.74, 6) is -0.928. The van der Waals surface area contributed by atoms with Crippen LogP contribution in [0, 0.1) is 17.0 Å². The molecule has 0 aromatic heterocycles. The van der Waals surface area contributed by atoms with Crippen LogP contribution in [0.2, 0.25) is 0 Å². The van der Waals surface area contributed by atoms with Gasteiger partial charge in [-0.2, -0.15) is 0 Å². The number of aliphatic carboxylic acids is 1. The highest BCUT2D eigenvalue weighted by Gasteiger charge is 2.34. The first-order chi connectivity index (χ1) is 8.50. The highest BCUT2D eigenvalue weighted by atomic mass is 16.6. The molecule has 0 amide bonds. The van der Waals surface area contributed by atoms with Gasteiger partial charge in [0, 0.05) is 12.6 Å². The molecule has 0 saturated carbocycles. The van der Waals surface area contributed by atoms with Gasteiger partial charge in [-0.15, -0.1) is 0 Å². The molecule has 1 atom stereocenters. The van der Waals surface area contributed by atoms with Crippen LogP contribution in [-0.2, 0) is 4.79 Å². The molecule has 6 nitrogen and oxygen atoms in total. The van der Waals surface area contributed by atoms with Gasteiger partial charge in [0.05, 0.1) is 4.92 Å². The maximum absolute atomic E-state index is 11.1. The number of anilines is 1. The van der Waals surface area contributed by atoms with Crippen LogP contribution in [0.5, 0.6) is 0 Å². The van der Waals surface area contributed by atoms with Gasteiger partial charge in [-0.05, 0) is 31.4 Å². The molecule has 18 heavy (non-hydrogen) atoms. The zero-order valence-electron chi connectivity index (χ0n) is 10.00. The first-order valence-electron chi connectivity index (χ1n) is 5.75. The zero-order chi connectivity index (χ0) is 13.3. The summed E-state index contributed by atoms with van der Waals surface area (Å²) < 4.78 is 0. The fraction of sp³-hybridized carbons (Fsp3) is 0.417. The van der Waals surface area contributed by atoms with E-state index in [-0.39, 0.29) is 5.69 Å². The predicted octanol–water partition coefficient (Wildman–Crippen LogP) is 1.96. The average Bonchev–Trinajstić information content (AvgIpc) is 2.77. The van der Waals surface area contributed by atoms with Gasteiger partial charge >= 0.3 is 5.97 Å². The largest absolute Gasteiger partial charge is 0.480 e. The van der Waals surface area contributed by atoms with Crippen LogP contribution in [0.1, 0.15) is 18.4 Å². The second kappa shape index (κ2) is 4.64. The molecule has 1 aromatic rings. The Morgan fingerprint density at radius 1 is 1.56 bits per heavy atom. The highest BCUT2D eigenvalue weighted by Crippen LogP contribution is 2.34. The summed E-state index contributed by atoms with van der Waals surface area (Å²) in [6.45, 7) is 2.32. The van der Waals surface area contributed by atoms with E-state index >= 15 is 0 Å². The standard InChI is InChI=1S/C12H14N2O4/c1-8-4-5-9(11(7-8)14(17)18)13-6-2-3-10(13)12(15)16/h4-5,7,10H,2-3,6H2,1H3,(H,15,16)/t10-/m1/s1. The summed E-state index contributed by atoms with van der Waals surface area (Å²) in [6.07, 6.45) is 1.27. The molecule has 1 saturated heterocycles. The number of nitro benzene ring substituents is 1. The molecule has 1 aromatic carbocycles. The average molecular weight is 250 g/mol. The third-order valence-corrected chi connectivity index (χ3v) is 3.17. The molecular weight excluding hydrogens is 236 g/mol. The van der Waals surface area contributed by atoms with E-state index in [0.717, 1.165) is 12.0 Å². The second-order valence-corrected chi connectivity index (χ2v) is 4.44. The Balaban J connectivity index is 2.44. The lowest BCUT2D eigenvalue weighted by atomic mass is 10.1. The van der Waals surface area contributed by atoms with E-state index in [1.165, 1.54) is 6.07 Å². The van der Waals surface area contributed by atoms with Gasteiger partial charge in [-0.1, -0.05) is 6.07 Å². The number of nitrogens with zero attached hydrogens (tertiary/aromatic N) is 2. The Kier molecular flexibility index (Phi) is 3.18. The molecule has 0 aliphatic carbocycles. The lowest BCUT2D eigenvalue weighted by Gasteiger charge is -2.23. The molecule has 0 bridgehead atoms. The van der Waals surface area contributed by atoms with Gasteiger partial charge in [-0.25, -0.2) is 4.79 Å². The van der Waals surface area contributed by atoms with Crippen molar-refractivity contribution in [3.63, 3.8) is 0 Å². The van der Waals surface area contributed by atoms with Crippen LogP contribution in [0.25, 0.3) is 0 Å². The summed E-state index contributed by atoms with van der Waals surface area (Å²) in [5.41, 5.74) is 1.16. The van der Waals surface area contributed by atoms with Crippen LogP contribution in [0.15, 0.2) is 18.2 Å². The number of carbonyl (C=O) groups is 1. The number of carboxylic acid groups (broad SMARTS) is 1. The third-order valence-electron chi connectivity index (χ3n) is 3.17. The normalized spacial score (nSPS) is 18.9. The molecule has 1 N–H and O–H groups in total. The van der Waals surface area contributed by atoms with Gasteiger partial charge in [0.25, 0.3) is 5.69 Å². The first-order valence-corrected chi connectivity index (χ1v) is 5.75. The van der Waals surface area contributed by atoms with E-state index in [1.54, 1.807) is 24.0 Å². The topological polar surface area (TPSA) is 83.7 Å².